The van der Waals surface area contributed by atoms with E-state index in [1.807, 2.05) is 6.07 Å². The second kappa shape index (κ2) is 12.5. The maximum atomic E-state index is 6.49. The van der Waals surface area contributed by atoms with Crippen LogP contribution in [-0.2, 0) is 0 Å². The van der Waals surface area contributed by atoms with Gasteiger partial charge >= 0.3 is 0 Å². The van der Waals surface area contributed by atoms with E-state index < -0.39 is 0 Å². The van der Waals surface area contributed by atoms with Crippen molar-refractivity contribution in [3.05, 3.63) is 200 Å². The van der Waals surface area contributed by atoms with Gasteiger partial charge in [0, 0.05) is 27.4 Å². The summed E-state index contributed by atoms with van der Waals surface area (Å²) in [6.45, 7) is 0. The van der Waals surface area contributed by atoms with Gasteiger partial charge in [0.2, 0.25) is 0 Å². The lowest BCUT2D eigenvalue weighted by molar-refractivity contribution is 0.669. The van der Waals surface area contributed by atoms with Crippen molar-refractivity contribution < 1.29 is 4.42 Å². The van der Waals surface area contributed by atoms with E-state index in [9.17, 15) is 0 Å². The number of para-hydroxylation sites is 1. The maximum absolute atomic E-state index is 6.49. The van der Waals surface area contributed by atoms with Crippen LogP contribution in [-0.4, -0.2) is 0 Å². The Balaban J connectivity index is 1.16. The van der Waals surface area contributed by atoms with Crippen LogP contribution in [0.2, 0.25) is 0 Å². The van der Waals surface area contributed by atoms with E-state index in [0.29, 0.717) is 0 Å². The number of rotatable bonds is 6. The van der Waals surface area contributed by atoms with Crippen molar-refractivity contribution in [1.82, 2.24) is 0 Å². The van der Waals surface area contributed by atoms with E-state index in [-0.39, 0.29) is 0 Å². The number of hydrogen-bond donors (Lipinski definition) is 0. The second-order valence-electron chi connectivity index (χ2n) is 13.4. The Labute approximate surface area is 302 Å². The van der Waals surface area contributed by atoms with Gasteiger partial charge in [-0.3, -0.25) is 0 Å². The van der Waals surface area contributed by atoms with E-state index in [1.54, 1.807) is 0 Å². The van der Waals surface area contributed by atoms with Crippen LogP contribution in [0.1, 0.15) is 0 Å². The summed E-state index contributed by atoms with van der Waals surface area (Å²) in [6, 6.07) is 71.8. The summed E-state index contributed by atoms with van der Waals surface area (Å²) in [6.07, 6.45) is 0. The van der Waals surface area contributed by atoms with Crippen molar-refractivity contribution in [3.63, 3.8) is 0 Å². The minimum Gasteiger partial charge on any atom is -0.456 e. The van der Waals surface area contributed by atoms with Crippen LogP contribution in [0.4, 0.5) is 17.1 Å². The number of anilines is 3. The summed E-state index contributed by atoms with van der Waals surface area (Å²) in [5.74, 6) is 0. The van der Waals surface area contributed by atoms with Crippen molar-refractivity contribution >= 4 is 60.5 Å². The highest BCUT2D eigenvalue weighted by molar-refractivity contribution is 6.09. The maximum Gasteiger partial charge on any atom is 0.136 e. The summed E-state index contributed by atoms with van der Waals surface area (Å²) in [5, 5.41) is 7.06. The first kappa shape index (κ1) is 30.0. The number of nitrogens with zero attached hydrogens (tertiary/aromatic N) is 1. The van der Waals surface area contributed by atoms with Gasteiger partial charge in [0.15, 0.2) is 0 Å². The summed E-state index contributed by atoms with van der Waals surface area (Å²) in [7, 11) is 0. The highest BCUT2D eigenvalue weighted by Crippen LogP contribution is 2.45. The fraction of sp³-hybridized carbons (Fsp3) is 0. The third kappa shape index (κ3) is 5.21. The van der Waals surface area contributed by atoms with Crippen molar-refractivity contribution in [3.8, 4) is 33.4 Å². The third-order valence-corrected chi connectivity index (χ3v) is 10.2. The molecule has 0 atom stereocenters. The van der Waals surface area contributed by atoms with Crippen LogP contribution in [0, 0.1) is 0 Å². The summed E-state index contributed by atoms with van der Waals surface area (Å²) >= 11 is 0. The summed E-state index contributed by atoms with van der Waals surface area (Å²) < 4.78 is 6.49. The van der Waals surface area contributed by atoms with Gasteiger partial charge in [-0.2, -0.15) is 0 Å². The molecule has 10 rings (SSSR count). The Morgan fingerprint density at radius 2 is 0.923 bits per heavy atom. The quantitative estimate of drug-likeness (QED) is 0.176. The number of furan rings is 1. The SMILES string of the molecule is c1ccc(-c2ccc3c(c2)oc2ccc(N(c4ccccc4-c4ccccc4)c4cccc5cc(-c6ccc7ccccc7c6)ccc45)cc23)cc1. The molecule has 0 fully saturated rings. The first-order valence-electron chi connectivity index (χ1n) is 17.8. The lowest BCUT2D eigenvalue weighted by Gasteiger charge is -2.29. The average Bonchev–Trinajstić information content (AvgIpc) is 3.59. The standard InChI is InChI=1S/C50H33NO/c1-3-12-34(13-4-1)40-25-28-45-46-33-42(26-29-49(46)52-50(45)32-40)51(47-20-10-9-19-43(47)36-15-5-2-6-16-36)48-21-11-18-41-31-39(24-27-44(41)48)38-23-22-35-14-7-8-17-37(35)30-38/h1-33H. The molecule has 0 saturated heterocycles. The largest absolute Gasteiger partial charge is 0.456 e. The van der Waals surface area contributed by atoms with E-state index in [1.165, 1.54) is 43.8 Å². The molecule has 244 valence electrons. The van der Waals surface area contributed by atoms with Crippen LogP contribution in [0.5, 0.6) is 0 Å². The first-order valence-corrected chi connectivity index (χ1v) is 17.8. The highest BCUT2D eigenvalue weighted by atomic mass is 16.3. The number of hydrogen-bond acceptors (Lipinski definition) is 2. The molecule has 0 spiro atoms. The molecule has 9 aromatic carbocycles. The molecule has 0 saturated carbocycles. The van der Waals surface area contributed by atoms with Crippen LogP contribution in [0.25, 0.3) is 76.9 Å². The predicted octanol–water partition coefficient (Wildman–Crippen LogP) is 14.4. The van der Waals surface area contributed by atoms with Crippen molar-refractivity contribution in [2.45, 2.75) is 0 Å². The predicted molar refractivity (Wildman–Crippen MR) is 220 cm³/mol. The third-order valence-electron chi connectivity index (χ3n) is 10.2. The van der Waals surface area contributed by atoms with Gasteiger partial charge in [0.1, 0.15) is 11.2 Å². The van der Waals surface area contributed by atoms with Crippen LogP contribution >= 0.6 is 0 Å². The molecule has 1 heterocycles. The molecule has 0 aliphatic carbocycles. The topological polar surface area (TPSA) is 16.4 Å². The fourth-order valence-electron chi connectivity index (χ4n) is 7.66. The molecular weight excluding hydrogens is 631 g/mol. The Morgan fingerprint density at radius 1 is 0.308 bits per heavy atom. The lowest BCUT2D eigenvalue weighted by Crippen LogP contribution is -2.11. The zero-order valence-corrected chi connectivity index (χ0v) is 28.4. The van der Waals surface area contributed by atoms with E-state index in [2.05, 4.69) is 199 Å². The van der Waals surface area contributed by atoms with E-state index in [4.69, 9.17) is 4.42 Å². The van der Waals surface area contributed by atoms with Crippen molar-refractivity contribution in [1.29, 1.82) is 0 Å². The highest BCUT2D eigenvalue weighted by Gasteiger charge is 2.21. The molecule has 52 heavy (non-hydrogen) atoms. The van der Waals surface area contributed by atoms with Gasteiger partial charge in [0.05, 0.1) is 11.4 Å². The van der Waals surface area contributed by atoms with E-state index >= 15 is 0 Å². The molecule has 1 aromatic heterocycles. The van der Waals surface area contributed by atoms with E-state index in [0.717, 1.165) is 50.1 Å². The Bertz CT molecular complexity index is 2910. The van der Waals surface area contributed by atoms with Crippen LogP contribution < -0.4 is 4.90 Å². The molecular formula is C50H33NO. The van der Waals surface area contributed by atoms with Crippen LogP contribution in [0.15, 0.2) is 205 Å². The van der Waals surface area contributed by atoms with Crippen molar-refractivity contribution in [2.75, 3.05) is 4.90 Å². The fourth-order valence-corrected chi connectivity index (χ4v) is 7.66. The minimum atomic E-state index is 0.873. The molecule has 0 radical (unpaired) electrons. The smallest absolute Gasteiger partial charge is 0.136 e. The molecule has 2 heteroatoms. The van der Waals surface area contributed by atoms with Gasteiger partial charge in [-0.15, -0.1) is 0 Å². The number of benzene rings is 9. The molecule has 0 aliphatic heterocycles. The molecule has 0 N–H and O–H groups in total. The second-order valence-corrected chi connectivity index (χ2v) is 13.4. The Hall–Kier alpha value is -6.90. The average molecular weight is 664 g/mol. The van der Waals surface area contributed by atoms with Crippen molar-refractivity contribution in [2.24, 2.45) is 0 Å². The van der Waals surface area contributed by atoms with Crippen LogP contribution in [0.3, 0.4) is 0 Å². The number of fused-ring (bicyclic) bond motifs is 5. The zero-order valence-electron chi connectivity index (χ0n) is 28.4. The van der Waals surface area contributed by atoms with Gasteiger partial charge < -0.3 is 9.32 Å². The molecule has 10 aromatic rings. The van der Waals surface area contributed by atoms with Gasteiger partial charge in [-0.05, 0) is 98.6 Å². The normalized spacial score (nSPS) is 11.5. The molecule has 2 nitrogen and oxygen atoms in total. The van der Waals surface area contributed by atoms with Gasteiger partial charge in [0.25, 0.3) is 0 Å². The molecule has 0 bridgehead atoms. The lowest BCUT2D eigenvalue weighted by atomic mass is 9.97. The Kier molecular flexibility index (Phi) is 7.18. The Morgan fingerprint density at radius 3 is 1.75 bits per heavy atom. The molecule has 0 aliphatic rings. The summed E-state index contributed by atoms with van der Waals surface area (Å²) in [5.41, 5.74) is 12.1. The molecule has 0 unspecified atom stereocenters. The minimum absolute atomic E-state index is 0.873. The summed E-state index contributed by atoms with van der Waals surface area (Å²) in [4.78, 5) is 2.41. The zero-order chi connectivity index (χ0) is 34.4. The van der Waals surface area contributed by atoms with Gasteiger partial charge in [-0.25, -0.2) is 0 Å². The first-order chi connectivity index (χ1) is 25.8. The molecule has 0 amide bonds. The van der Waals surface area contributed by atoms with Gasteiger partial charge in [-0.1, -0.05) is 146 Å². The monoisotopic (exact) mass is 663 g/mol.